The molecule has 0 fully saturated rings. The highest BCUT2D eigenvalue weighted by Gasteiger charge is 2.18. The van der Waals surface area contributed by atoms with E-state index in [0.717, 1.165) is 11.1 Å². The molecule has 4 rings (SSSR count). The maximum Gasteiger partial charge on any atom is 0.311 e. The third-order valence-electron chi connectivity index (χ3n) is 4.97. The highest BCUT2D eigenvalue weighted by molar-refractivity contribution is 7.14. The number of hydrogen-bond donors (Lipinski definition) is 1. The summed E-state index contributed by atoms with van der Waals surface area (Å²) in [7, 11) is 3.14. The third kappa shape index (κ3) is 5.41. The molecule has 2 aromatic carbocycles. The third-order valence-corrected chi connectivity index (χ3v) is 5.73. The summed E-state index contributed by atoms with van der Waals surface area (Å²) in [6.07, 6.45) is 0. The van der Waals surface area contributed by atoms with E-state index < -0.39 is 10.8 Å². The van der Waals surface area contributed by atoms with Crippen molar-refractivity contribution in [2.75, 3.05) is 19.5 Å². The number of carbonyl (C=O) groups excluding carboxylic acids is 1. The minimum absolute atomic E-state index is 0.0534. The Bertz CT molecular complexity index is 1380. The van der Waals surface area contributed by atoms with Crippen molar-refractivity contribution in [3.05, 3.63) is 81.1 Å². The lowest BCUT2D eigenvalue weighted by atomic mass is 10.1. The Morgan fingerprint density at radius 1 is 1.11 bits per heavy atom. The lowest BCUT2D eigenvalue weighted by molar-refractivity contribution is -0.386. The lowest BCUT2D eigenvalue weighted by Gasteiger charge is -2.08. The van der Waals surface area contributed by atoms with E-state index in [2.05, 4.69) is 10.3 Å². The van der Waals surface area contributed by atoms with Crippen molar-refractivity contribution in [1.82, 2.24) is 4.98 Å². The van der Waals surface area contributed by atoms with Gasteiger partial charge < -0.3 is 18.6 Å². The fraction of sp³-hybridized carbons (Fsp3) is 0.167. The fourth-order valence-electron chi connectivity index (χ4n) is 3.25. The molecule has 1 N–H and O–H groups in total. The van der Waals surface area contributed by atoms with E-state index in [4.69, 9.17) is 18.6 Å². The summed E-state index contributed by atoms with van der Waals surface area (Å²) in [6.45, 7) is 1.68. The molecule has 0 aliphatic carbocycles. The quantitative estimate of drug-likeness (QED) is 0.239. The first-order valence-electron chi connectivity index (χ1n) is 10.3. The van der Waals surface area contributed by atoms with Crippen molar-refractivity contribution in [2.45, 2.75) is 13.5 Å². The van der Waals surface area contributed by atoms with Crippen LogP contribution in [0.4, 0.5) is 10.8 Å². The molecule has 0 unspecified atom stereocenters. The average Bonchev–Trinajstić information content (AvgIpc) is 3.52. The van der Waals surface area contributed by atoms with Gasteiger partial charge in [0.2, 0.25) is 0 Å². The molecule has 0 saturated heterocycles. The van der Waals surface area contributed by atoms with Gasteiger partial charge in [0.1, 0.15) is 23.9 Å². The van der Waals surface area contributed by atoms with Gasteiger partial charge in [0.15, 0.2) is 16.6 Å². The maximum atomic E-state index is 12.6. The number of furan rings is 1. The average molecular weight is 496 g/mol. The van der Waals surface area contributed by atoms with E-state index in [-0.39, 0.29) is 23.8 Å². The molecule has 0 bridgehead atoms. The molecule has 2 heterocycles. The van der Waals surface area contributed by atoms with E-state index in [1.165, 1.54) is 29.5 Å². The smallest absolute Gasteiger partial charge is 0.311 e. The van der Waals surface area contributed by atoms with Gasteiger partial charge in [-0.15, -0.1) is 11.3 Å². The van der Waals surface area contributed by atoms with Gasteiger partial charge in [-0.1, -0.05) is 6.07 Å². The Morgan fingerprint density at radius 2 is 1.91 bits per heavy atom. The van der Waals surface area contributed by atoms with Crippen LogP contribution in [0.1, 0.15) is 21.9 Å². The highest BCUT2D eigenvalue weighted by atomic mass is 32.1. The Morgan fingerprint density at radius 3 is 2.66 bits per heavy atom. The standard InChI is InChI=1S/C24H21N3O7S/c1-14-4-7-21(19(10-14)27(29)30)33-12-16-6-9-22(34-16)23(28)26-24-25-18(13-35-24)17-11-15(31-2)5-8-20(17)32-3/h4-11,13H,12H2,1-3H3,(H,25,26,28). The number of nitro benzene ring substituents is 1. The summed E-state index contributed by atoms with van der Waals surface area (Å²) in [6, 6.07) is 13.1. The number of aryl methyl sites for hydroxylation is 1. The van der Waals surface area contributed by atoms with Crippen LogP contribution in [0.15, 0.2) is 58.3 Å². The number of aromatic nitrogens is 1. The van der Waals surface area contributed by atoms with Crippen molar-refractivity contribution in [1.29, 1.82) is 0 Å². The molecule has 0 saturated carbocycles. The summed E-state index contributed by atoms with van der Waals surface area (Å²) in [5.41, 5.74) is 1.96. The highest BCUT2D eigenvalue weighted by Crippen LogP contribution is 2.35. The number of nitrogens with one attached hydrogen (secondary N) is 1. The van der Waals surface area contributed by atoms with Crippen LogP contribution in [0.2, 0.25) is 0 Å². The number of nitro groups is 1. The van der Waals surface area contributed by atoms with Gasteiger partial charge in [-0.2, -0.15) is 0 Å². The van der Waals surface area contributed by atoms with E-state index in [1.54, 1.807) is 56.9 Å². The number of thiazole rings is 1. The van der Waals surface area contributed by atoms with Gasteiger partial charge in [0.25, 0.3) is 5.91 Å². The first-order chi connectivity index (χ1) is 16.9. The summed E-state index contributed by atoms with van der Waals surface area (Å²) < 4.78 is 21.8. The Balaban J connectivity index is 1.43. The van der Waals surface area contributed by atoms with Crippen molar-refractivity contribution in [3.8, 4) is 28.5 Å². The monoisotopic (exact) mass is 495 g/mol. The van der Waals surface area contributed by atoms with E-state index >= 15 is 0 Å². The number of carbonyl (C=O) groups is 1. The molecule has 4 aromatic rings. The maximum absolute atomic E-state index is 12.6. The second-order valence-corrected chi connectivity index (χ2v) is 8.20. The number of benzene rings is 2. The molecule has 10 nitrogen and oxygen atoms in total. The summed E-state index contributed by atoms with van der Waals surface area (Å²) in [4.78, 5) is 27.8. The van der Waals surface area contributed by atoms with Crippen LogP contribution in [-0.2, 0) is 6.61 Å². The van der Waals surface area contributed by atoms with Gasteiger partial charge in [-0.25, -0.2) is 4.98 Å². The van der Waals surface area contributed by atoms with Crippen LogP contribution in [0.5, 0.6) is 17.2 Å². The molecular weight excluding hydrogens is 474 g/mol. The first kappa shape index (κ1) is 23.8. The number of hydrogen-bond acceptors (Lipinski definition) is 9. The summed E-state index contributed by atoms with van der Waals surface area (Å²) >= 11 is 1.25. The second-order valence-electron chi connectivity index (χ2n) is 7.34. The zero-order valence-electron chi connectivity index (χ0n) is 19.1. The largest absolute Gasteiger partial charge is 0.497 e. The molecule has 2 aromatic heterocycles. The molecular formula is C24H21N3O7S. The predicted molar refractivity (Wildman–Crippen MR) is 129 cm³/mol. The van der Waals surface area contributed by atoms with Gasteiger partial charge in [0.05, 0.1) is 24.8 Å². The predicted octanol–water partition coefficient (Wildman–Crippen LogP) is 5.47. The van der Waals surface area contributed by atoms with Crippen LogP contribution in [0, 0.1) is 17.0 Å². The van der Waals surface area contributed by atoms with Crippen LogP contribution in [-0.4, -0.2) is 30.0 Å². The van der Waals surface area contributed by atoms with Gasteiger partial charge >= 0.3 is 5.69 Å². The molecule has 1 amide bonds. The van der Waals surface area contributed by atoms with E-state index in [9.17, 15) is 14.9 Å². The Labute approximate surface area is 204 Å². The molecule has 0 atom stereocenters. The molecule has 0 spiro atoms. The number of amides is 1. The van der Waals surface area contributed by atoms with Crippen LogP contribution >= 0.6 is 11.3 Å². The Hall–Kier alpha value is -4.38. The van der Waals surface area contributed by atoms with Gasteiger partial charge in [0, 0.05) is 17.0 Å². The molecule has 11 heteroatoms. The van der Waals surface area contributed by atoms with Crippen molar-refractivity contribution >= 4 is 28.1 Å². The summed E-state index contributed by atoms with van der Waals surface area (Å²) in [5, 5.41) is 16.1. The fourth-order valence-corrected chi connectivity index (χ4v) is 3.95. The number of anilines is 1. The number of methoxy groups -OCH3 is 2. The SMILES string of the molecule is COc1ccc(OC)c(-c2csc(NC(=O)c3ccc(COc4ccc(C)cc4[N+](=O)[O-])o3)n2)c1. The minimum Gasteiger partial charge on any atom is -0.497 e. The summed E-state index contributed by atoms with van der Waals surface area (Å²) in [5.74, 6) is 1.30. The second kappa shape index (κ2) is 10.3. The zero-order valence-corrected chi connectivity index (χ0v) is 19.9. The van der Waals surface area contributed by atoms with Crippen molar-refractivity contribution in [2.24, 2.45) is 0 Å². The van der Waals surface area contributed by atoms with E-state index in [1.807, 2.05) is 0 Å². The van der Waals surface area contributed by atoms with Gasteiger partial charge in [-0.3, -0.25) is 20.2 Å². The van der Waals surface area contributed by atoms with Crippen molar-refractivity contribution < 1.29 is 28.3 Å². The Kier molecular flexibility index (Phi) is 6.97. The van der Waals surface area contributed by atoms with Gasteiger partial charge in [-0.05, 0) is 48.9 Å². The molecule has 0 aliphatic rings. The molecule has 180 valence electrons. The molecule has 0 radical (unpaired) electrons. The molecule has 0 aliphatic heterocycles. The first-order valence-corrected chi connectivity index (χ1v) is 11.2. The zero-order chi connectivity index (χ0) is 24.9. The van der Waals surface area contributed by atoms with Crippen LogP contribution in [0.25, 0.3) is 11.3 Å². The number of nitrogens with zero attached hydrogens (tertiary/aromatic N) is 2. The minimum atomic E-state index is -0.507. The van der Waals surface area contributed by atoms with Crippen molar-refractivity contribution in [3.63, 3.8) is 0 Å². The molecule has 35 heavy (non-hydrogen) atoms. The normalized spacial score (nSPS) is 10.6. The number of rotatable bonds is 9. The lowest BCUT2D eigenvalue weighted by Crippen LogP contribution is -2.10. The van der Waals surface area contributed by atoms with Crippen LogP contribution < -0.4 is 19.5 Å². The number of ether oxygens (including phenoxy) is 3. The van der Waals surface area contributed by atoms with Crippen LogP contribution in [0.3, 0.4) is 0 Å². The van der Waals surface area contributed by atoms with E-state index in [0.29, 0.717) is 28.1 Å². The topological polar surface area (TPSA) is 126 Å².